The van der Waals surface area contributed by atoms with Gasteiger partial charge >= 0.3 is 0 Å². The van der Waals surface area contributed by atoms with Crippen LogP contribution in [-0.2, 0) is 0 Å². The molecule has 3 aromatic rings. The molecule has 2 atom stereocenters. The summed E-state index contributed by atoms with van der Waals surface area (Å²) in [5, 5.41) is 18.5. The topological polar surface area (TPSA) is 73.0 Å². The number of thiophene rings is 1. The molecule has 4 rings (SSSR count). The van der Waals surface area contributed by atoms with E-state index in [1.165, 1.54) is 29.3 Å². The van der Waals surface area contributed by atoms with E-state index >= 15 is 0 Å². The Morgan fingerprint density at radius 3 is 2.61 bits per heavy atom. The number of aliphatic hydroxyl groups is 1. The molecule has 1 aromatic carbocycles. The van der Waals surface area contributed by atoms with Crippen LogP contribution in [0.25, 0.3) is 10.1 Å². The van der Waals surface area contributed by atoms with E-state index in [0.717, 1.165) is 23.7 Å². The van der Waals surface area contributed by atoms with Gasteiger partial charge in [-0.15, -0.1) is 35.3 Å². The van der Waals surface area contributed by atoms with Crippen LogP contribution < -0.4 is 10.6 Å². The minimum absolute atomic E-state index is 0. The van der Waals surface area contributed by atoms with Crippen molar-refractivity contribution in [3.05, 3.63) is 59.4 Å². The molecule has 1 aliphatic heterocycles. The number of hydrogen-bond donors (Lipinski definition) is 3. The van der Waals surface area contributed by atoms with Crippen LogP contribution in [0.4, 0.5) is 0 Å². The van der Waals surface area contributed by atoms with Crippen LogP contribution in [-0.4, -0.2) is 49.2 Å². The van der Waals surface area contributed by atoms with Crippen LogP contribution in [0.1, 0.15) is 42.0 Å². The Morgan fingerprint density at radius 2 is 1.90 bits per heavy atom. The number of nitrogens with zero attached hydrogens (tertiary/aromatic N) is 2. The van der Waals surface area contributed by atoms with Crippen molar-refractivity contribution in [1.82, 2.24) is 15.5 Å². The second-order valence-corrected chi connectivity index (χ2v) is 8.78. The van der Waals surface area contributed by atoms with Crippen LogP contribution in [0.5, 0.6) is 0 Å². The number of halogens is 1. The molecule has 2 aromatic heterocycles. The highest BCUT2D eigenvalue weighted by Crippen LogP contribution is 2.29. The lowest BCUT2D eigenvalue weighted by Crippen LogP contribution is -2.45. The van der Waals surface area contributed by atoms with Gasteiger partial charge in [-0.3, -0.25) is 9.89 Å². The number of hydrogen-bond acceptors (Lipinski definition) is 5. The molecule has 3 N–H and O–H groups in total. The number of benzene rings is 1. The van der Waals surface area contributed by atoms with Gasteiger partial charge in [0.1, 0.15) is 11.9 Å². The molecule has 0 saturated carbocycles. The Morgan fingerprint density at radius 1 is 1.13 bits per heavy atom. The fourth-order valence-corrected chi connectivity index (χ4v) is 5.05. The highest BCUT2D eigenvalue weighted by Gasteiger charge is 2.24. The van der Waals surface area contributed by atoms with E-state index in [-0.39, 0.29) is 30.0 Å². The van der Waals surface area contributed by atoms with Crippen molar-refractivity contribution in [3.8, 4) is 0 Å². The average molecular weight is 554 g/mol. The molecular formula is C23H31IN4O2S. The van der Waals surface area contributed by atoms with Crippen molar-refractivity contribution >= 4 is 51.4 Å². The molecule has 0 spiro atoms. The second-order valence-electron chi connectivity index (χ2n) is 7.66. The standard InChI is InChI=1S/C23H30N4O2S.HI/c1-24-23(26-16-19(28)22-14-17-8-3-4-10-21(17)30-22)25-15-18(20-9-7-13-29-20)27-11-5-2-6-12-27;/h3-4,7-10,13-14,18-19,28H,2,5-6,11-12,15-16H2,1H3,(H2,24,25,26);1H. The van der Waals surface area contributed by atoms with Crippen molar-refractivity contribution in [2.45, 2.75) is 31.4 Å². The molecular weight excluding hydrogens is 523 g/mol. The van der Waals surface area contributed by atoms with E-state index in [4.69, 9.17) is 4.42 Å². The number of fused-ring (bicyclic) bond motifs is 1. The summed E-state index contributed by atoms with van der Waals surface area (Å²) in [6.45, 7) is 3.28. The molecule has 1 fully saturated rings. The van der Waals surface area contributed by atoms with Gasteiger partial charge < -0.3 is 20.2 Å². The lowest BCUT2D eigenvalue weighted by molar-refractivity contribution is 0.146. The van der Waals surface area contributed by atoms with Crippen LogP contribution in [0.3, 0.4) is 0 Å². The van der Waals surface area contributed by atoms with Crippen molar-refractivity contribution in [2.24, 2.45) is 4.99 Å². The van der Waals surface area contributed by atoms with Gasteiger partial charge in [-0.05, 0) is 55.6 Å². The minimum Gasteiger partial charge on any atom is -0.468 e. The number of rotatable bonds is 7. The summed E-state index contributed by atoms with van der Waals surface area (Å²) in [5.74, 6) is 1.66. The maximum atomic E-state index is 10.6. The van der Waals surface area contributed by atoms with Gasteiger partial charge in [-0.25, -0.2) is 0 Å². The predicted octanol–water partition coefficient (Wildman–Crippen LogP) is 4.54. The largest absolute Gasteiger partial charge is 0.468 e. The van der Waals surface area contributed by atoms with Crippen LogP contribution >= 0.6 is 35.3 Å². The van der Waals surface area contributed by atoms with Crippen LogP contribution in [0, 0.1) is 0 Å². The van der Waals surface area contributed by atoms with Crippen LogP contribution in [0.2, 0.25) is 0 Å². The number of likely N-dealkylation sites (tertiary alicyclic amines) is 1. The van der Waals surface area contributed by atoms with E-state index in [2.05, 4.69) is 38.7 Å². The summed E-state index contributed by atoms with van der Waals surface area (Å²) in [6.07, 6.45) is 4.91. The third-order valence-corrected chi connectivity index (χ3v) is 6.84. The van der Waals surface area contributed by atoms with Crippen molar-refractivity contribution in [3.63, 3.8) is 0 Å². The zero-order valence-corrected chi connectivity index (χ0v) is 20.9. The molecule has 0 amide bonds. The molecule has 8 heteroatoms. The smallest absolute Gasteiger partial charge is 0.191 e. The molecule has 2 unspecified atom stereocenters. The summed E-state index contributed by atoms with van der Waals surface area (Å²) in [6, 6.07) is 14.4. The van der Waals surface area contributed by atoms with Gasteiger partial charge in [0, 0.05) is 29.7 Å². The number of aliphatic hydroxyl groups excluding tert-OH is 1. The van der Waals surface area contributed by atoms with E-state index in [1.807, 2.05) is 24.3 Å². The zero-order chi connectivity index (χ0) is 20.8. The minimum atomic E-state index is -0.580. The number of guanidine groups is 1. The molecule has 1 saturated heterocycles. The summed E-state index contributed by atoms with van der Waals surface area (Å²) in [7, 11) is 1.75. The Balaban J connectivity index is 0.00000272. The maximum absolute atomic E-state index is 10.6. The summed E-state index contributed by atoms with van der Waals surface area (Å²) in [5.41, 5.74) is 0. The Hall–Kier alpha value is -1.62. The Labute approximate surface area is 204 Å². The van der Waals surface area contributed by atoms with Gasteiger partial charge in [0.2, 0.25) is 0 Å². The molecule has 0 aliphatic carbocycles. The first-order valence-electron chi connectivity index (χ1n) is 10.6. The normalized spacial score (nSPS) is 17.2. The van der Waals surface area contributed by atoms with E-state index in [1.54, 1.807) is 24.6 Å². The summed E-state index contributed by atoms with van der Waals surface area (Å²) < 4.78 is 6.91. The van der Waals surface area contributed by atoms with Gasteiger partial charge in [-0.1, -0.05) is 24.6 Å². The Bertz CT molecular complexity index is 921. The number of nitrogens with one attached hydrogen (secondary N) is 2. The summed E-state index contributed by atoms with van der Waals surface area (Å²) >= 11 is 1.63. The molecule has 6 nitrogen and oxygen atoms in total. The fourth-order valence-electron chi connectivity index (χ4n) is 4.00. The molecule has 168 valence electrons. The summed E-state index contributed by atoms with van der Waals surface area (Å²) in [4.78, 5) is 7.77. The zero-order valence-electron chi connectivity index (χ0n) is 17.8. The van der Waals surface area contributed by atoms with E-state index < -0.39 is 6.10 Å². The van der Waals surface area contributed by atoms with Gasteiger partial charge in [-0.2, -0.15) is 0 Å². The third-order valence-electron chi connectivity index (χ3n) is 5.63. The van der Waals surface area contributed by atoms with Crippen molar-refractivity contribution < 1.29 is 9.52 Å². The SMILES string of the molecule is CN=C(NCC(O)c1cc2ccccc2s1)NCC(c1ccco1)N1CCCCC1.I. The maximum Gasteiger partial charge on any atom is 0.191 e. The third kappa shape index (κ3) is 6.21. The van der Waals surface area contributed by atoms with Gasteiger partial charge in [0.05, 0.1) is 12.3 Å². The first-order valence-corrected chi connectivity index (χ1v) is 11.4. The number of furan rings is 1. The number of piperidine rings is 1. The van der Waals surface area contributed by atoms with Gasteiger partial charge in [0.15, 0.2) is 5.96 Å². The lowest BCUT2D eigenvalue weighted by atomic mass is 10.1. The quantitative estimate of drug-likeness (QED) is 0.227. The predicted molar refractivity (Wildman–Crippen MR) is 138 cm³/mol. The van der Waals surface area contributed by atoms with Crippen molar-refractivity contribution in [1.29, 1.82) is 0 Å². The Kier molecular flexibility index (Phi) is 9.18. The molecule has 1 aliphatic rings. The monoisotopic (exact) mass is 554 g/mol. The van der Waals surface area contributed by atoms with Crippen molar-refractivity contribution in [2.75, 3.05) is 33.2 Å². The fraction of sp³-hybridized carbons (Fsp3) is 0.435. The first kappa shape index (κ1) is 24.0. The first-order chi connectivity index (χ1) is 14.7. The van der Waals surface area contributed by atoms with Crippen LogP contribution in [0.15, 0.2) is 58.1 Å². The van der Waals surface area contributed by atoms with E-state index in [9.17, 15) is 5.11 Å². The van der Waals surface area contributed by atoms with Gasteiger partial charge in [0.25, 0.3) is 0 Å². The lowest BCUT2D eigenvalue weighted by Gasteiger charge is -2.33. The van der Waals surface area contributed by atoms with E-state index in [0.29, 0.717) is 19.0 Å². The molecule has 0 radical (unpaired) electrons. The highest BCUT2D eigenvalue weighted by atomic mass is 127. The second kappa shape index (κ2) is 11.8. The molecule has 0 bridgehead atoms. The number of aliphatic imine (C=N–C) groups is 1. The average Bonchev–Trinajstić information content (AvgIpc) is 3.46. The molecule has 3 heterocycles. The highest BCUT2D eigenvalue weighted by molar-refractivity contribution is 14.0. The molecule has 31 heavy (non-hydrogen) atoms.